The fraction of sp³-hybridized carbons (Fsp3) is 0.421. The number of hydrogen-bond acceptors (Lipinski definition) is 5. The van der Waals surface area contributed by atoms with Crippen molar-refractivity contribution in [2.75, 3.05) is 13.1 Å². The monoisotopic (exact) mass is 352 g/mol. The number of imidazole rings is 1. The molecule has 3 aromatic rings. The van der Waals surface area contributed by atoms with Crippen molar-refractivity contribution in [1.82, 2.24) is 29.2 Å². The molecule has 0 radical (unpaired) electrons. The summed E-state index contributed by atoms with van der Waals surface area (Å²) in [6.45, 7) is 3.58. The molecule has 136 valence electrons. The molecular weight excluding hydrogens is 328 g/mol. The molecule has 0 bridgehead atoms. The average molecular weight is 352 g/mol. The molecule has 1 aliphatic heterocycles. The van der Waals surface area contributed by atoms with E-state index in [1.165, 1.54) is 0 Å². The normalized spacial score (nSPS) is 18.3. The van der Waals surface area contributed by atoms with E-state index < -0.39 is 0 Å². The molecule has 0 aliphatic carbocycles. The first kappa shape index (κ1) is 16.8. The van der Waals surface area contributed by atoms with E-state index in [9.17, 15) is 5.11 Å². The van der Waals surface area contributed by atoms with Crippen molar-refractivity contribution in [2.45, 2.75) is 31.8 Å². The van der Waals surface area contributed by atoms with Crippen molar-refractivity contribution in [3.8, 4) is 5.75 Å². The fourth-order valence-corrected chi connectivity index (χ4v) is 3.74. The molecule has 1 atom stereocenters. The quantitative estimate of drug-likeness (QED) is 0.762. The number of piperidine rings is 1. The predicted octanol–water partition coefficient (Wildman–Crippen LogP) is 2.15. The highest BCUT2D eigenvalue weighted by Crippen LogP contribution is 2.27. The Bertz CT molecular complexity index is 857. The lowest BCUT2D eigenvalue weighted by molar-refractivity contribution is 0.195. The van der Waals surface area contributed by atoms with Crippen molar-refractivity contribution >= 4 is 0 Å². The molecule has 4 rings (SSSR count). The van der Waals surface area contributed by atoms with Gasteiger partial charge in [-0.3, -0.25) is 4.90 Å². The van der Waals surface area contributed by atoms with Gasteiger partial charge in [-0.15, -0.1) is 10.2 Å². The maximum Gasteiger partial charge on any atom is 0.152 e. The smallest absolute Gasteiger partial charge is 0.152 e. The number of aromatic nitrogens is 5. The summed E-state index contributed by atoms with van der Waals surface area (Å²) in [5.74, 6) is 2.72. The molecule has 1 saturated heterocycles. The molecule has 0 saturated carbocycles. The van der Waals surface area contributed by atoms with Crippen molar-refractivity contribution in [3.05, 3.63) is 60.2 Å². The predicted molar refractivity (Wildman–Crippen MR) is 97.7 cm³/mol. The minimum atomic E-state index is 0.327. The zero-order valence-corrected chi connectivity index (χ0v) is 15.0. The van der Waals surface area contributed by atoms with Gasteiger partial charge in [0.25, 0.3) is 0 Å². The minimum Gasteiger partial charge on any atom is -0.508 e. The Balaban J connectivity index is 1.45. The highest BCUT2D eigenvalue weighted by atomic mass is 16.3. The summed E-state index contributed by atoms with van der Waals surface area (Å²) in [4.78, 5) is 6.52. The summed E-state index contributed by atoms with van der Waals surface area (Å²) in [5.41, 5.74) is 1.14. The first-order valence-corrected chi connectivity index (χ1v) is 9.03. The molecule has 7 heteroatoms. The average Bonchev–Trinajstić information content (AvgIpc) is 3.26. The molecule has 0 spiro atoms. The number of hydrogen-bond donors (Lipinski definition) is 1. The van der Waals surface area contributed by atoms with Crippen molar-refractivity contribution in [1.29, 1.82) is 0 Å². The summed E-state index contributed by atoms with van der Waals surface area (Å²) < 4.78 is 4.13. The maximum atomic E-state index is 9.67. The third-order valence-electron chi connectivity index (χ3n) is 5.07. The standard InChI is InChI=1S/C19H24N6O/c1-23-18(13-25-9-7-20-14-25)21-22-19(23)16-5-3-8-24(12-16)11-15-4-2-6-17(26)10-15/h2,4,6-7,9-10,14,16,26H,3,5,8,11-13H2,1H3/t16-/m0/s1. The van der Waals surface area contributed by atoms with Crippen molar-refractivity contribution in [2.24, 2.45) is 7.05 Å². The summed E-state index contributed by atoms with van der Waals surface area (Å²) in [6, 6.07) is 7.52. The molecule has 0 amide bonds. The first-order valence-electron chi connectivity index (χ1n) is 9.03. The van der Waals surface area contributed by atoms with Gasteiger partial charge in [-0.2, -0.15) is 0 Å². The van der Waals surface area contributed by atoms with E-state index in [0.717, 1.165) is 49.7 Å². The van der Waals surface area contributed by atoms with Gasteiger partial charge in [-0.1, -0.05) is 12.1 Å². The van der Waals surface area contributed by atoms with Crippen LogP contribution in [0.3, 0.4) is 0 Å². The van der Waals surface area contributed by atoms with Crippen LogP contribution in [0.15, 0.2) is 43.0 Å². The van der Waals surface area contributed by atoms with Crippen LogP contribution >= 0.6 is 0 Å². The second-order valence-electron chi connectivity index (χ2n) is 7.01. The van der Waals surface area contributed by atoms with Crippen LogP contribution in [0.4, 0.5) is 0 Å². The molecule has 7 nitrogen and oxygen atoms in total. The summed E-state index contributed by atoms with van der Waals surface area (Å²) in [5, 5.41) is 18.6. The lowest BCUT2D eigenvalue weighted by Gasteiger charge is -2.32. The Kier molecular flexibility index (Phi) is 4.71. The molecule has 0 unspecified atom stereocenters. The number of aromatic hydroxyl groups is 1. The lowest BCUT2D eigenvalue weighted by Crippen LogP contribution is -2.34. The third-order valence-corrected chi connectivity index (χ3v) is 5.07. The molecule has 1 N–H and O–H groups in total. The molecule has 1 fully saturated rings. The zero-order chi connectivity index (χ0) is 17.9. The van der Waals surface area contributed by atoms with Crippen LogP contribution in [-0.4, -0.2) is 47.4 Å². The Hall–Kier alpha value is -2.67. The Labute approximate surface area is 152 Å². The molecule has 1 aromatic carbocycles. The highest BCUT2D eigenvalue weighted by molar-refractivity contribution is 5.27. The molecule has 2 aromatic heterocycles. The van der Waals surface area contributed by atoms with Gasteiger partial charge in [-0.05, 0) is 37.1 Å². The van der Waals surface area contributed by atoms with Crippen LogP contribution in [0.2, 0.25) is 0 Å². The number of phenols is 1. The van der Waals surface area contributed by atoms with Gasteiger partial charge in [0, 0.05) is 38.4 Å². The Morgan fingerprint density at radius 3 is 2.96 bits per heavy atom. The van der Waals surface area contributed by atoms with E-state index in [4.69, 9.17) is 0 Å². The summed E-state index contributed by atoms with van der Waals surface area (Å²) in [7, 11) is 2.05. The van der Waals surface area contributed by atoms with E-state index in [1.54, 1.807) is 18.6 Å². The Morgan fingerprint density at radius 2 is 2.15 bits per heavy atom. The van der Waals surface area contributed by atoms with Crippen LogP contribution < -0.4 is 0 Å². The van der Waals surface area contributed by atoms with E-state index in [1.807, 2.05) is 22.9 Å². The number of rotatable bonds is 5. The van der Waals surface area contributed by atoms with Gasteiger partial charge in [-0.25, -0.2) is 4.98 Å². The van der Waals surface area contributed by atoms with Gasteiger partial charge < -0.3 is 14.2 Å². The fourth-order valence-electron chi connectivity index (χ4n) is 3.74. The number of nitrogens with zero attached hydrogens (tertiary/aromatic N) is 6. The van der Waals surface area contributed by atoms with Gasteiger partial charge in [0.05, 0.1) is 12.9 Å². The zero-order valence-electron chi connectivity index (χ0n) is 15.0. The van der Waals surface area contributed by atoms with Crippen LogP contribution in [0.5, 0.6) is 5.75 Å². The van der Waals surface area contributed by atoms with E-state index in [-0.39, 0.29) is 0 Å². The number of phenolic OH excluding ortho intramolecular Hbond substituents is 1. The summed E-state index contributed by atoms with van der Waals surface area (Å²) >= 11 is 0. The van der Waals surface area contributed by atoms with Gasteiger partial charge in [0.2, 0.25) is 0 Å². The molecule has 1 aliphatic rings. The van der Waals surface area contributed by atoms with E-state index >= 15 is 0 Å². The Morgan fingerprint density at radius 1 is 1.23 bits per heavy atom. The van der Waals surface area contributed by atoms with E-state index in [2.05, 4.69) is 37.8 Å². The molecule has 26 heavy (non-hydrogen) atoms. The van der Waals surface area contributed by atoms with Crippen molar-refractivity contribution < 1.29 is 5.11 Å². The first-order chi connectivity index (χ1) is 12.7. The molecule has 3 heterocycles. The molecular formula is C19H24N6O. The van der Waals surface area contributed by atoms with Gasteiger partial charge in [0.1, 0.15) is 11.6 Å². The van der Waals surface area contributed by atoms with Crippen LogP contribution in [0.25, 0.3) is 0 Å². The van der Waals surface area contributed by atoms with Gasteiger partial charge in [0.15, 0.2) is 5.82 Å². The second kappa shape index (κ2) is 7.29. The van der Waals surface area contributed by atoms with Crippen LogP contribution in [-0.2, 0) is 20.1 Å². The minimum absolute atomic E-state index is 0.327. The van der Waals surface area contributed by atoms with Gasteiger partial charge >= 0.3 is 0 Å². The van der Waals surface area contributed by atoms with Crippen LogP contribution in [0.1, 0.15) is 36.0 Å². The summed E-state index contributed by atoms with van der Waals surface area (Å²) in [6.07, 6.45) is 7.79. The number of likely N-dealkylation sites (tertiary alicyclic amines) is 1. The lowest BCUT2D eigenvalue weighted by atomic mass is 9.96. The SMILES string of the molecule is Cn1c(Cn2ccnc2)nnc1[C@H]1CCCN(Cc2cccc(O)c2)C1. The maximum absolute atomic E-state index is 9.67. The van der Waals surface area contributed by atoms with Crippen molar-refractivity contribution in [3.63, 3.8) is 0 Å². The number of benzene rings is 1. The largest absolute Gasteiger partial charge is 0.508 e. The topological polar surface area (TPSA) is 72.0 Å². The third kappa shape index (κ3) is 3.62. The van der Waals surface area contributed by atoms with Crippen LogP contribution in [0, 0.1) is 0 Å². The highest BCUT2D eigenvalue weighted by Gasteiger charge is 2.26. The second-order valence-corrected chi connectivity index (χ2v) is 7.01. The van der Waals surface area contributed by atoms with E-state index in [0.29, 0.717) is 18.2 Å².